The van der Waals surface area contributed by atoms with Gasteiger partial charge < -0.3 is 4.90 Å². The van der Waals surface area contributed by atoms with Crippen LogP contribution in [0, 0.1) is 13.8 Å². The highest BCUT2D eigenvalue weighted by molar-refractivity contribution is 7.12. The number of thiophene rings is 1. The summed E-state index contributed by atoms with van der Waals surface area (Å²) in [5.74, 6) is 1.42. The Bertz CT molecular complexity index is 1010. The third-order valence-corrected chi connectivity index (χ3v) is 6.43. The summed E-state index contributed by atoms with van der Waals surface area (Å²) < 4.78 is 2.03. The summed E-state index contributed by atoms with van der Waals surface area (Å²) in [5, 5.41) is 8.59. The van der Waals surface area contributed by atoms with Gasteiger partial charge in [-0.2, -0.15) is 0 Å². The molecule has 0 atom stereocenters. The van der Waals surface area contributed by atoms with Crippen LogP contribution < -0.4 is 0 Å². The zero-order chi connectivity index (χ0) is 19.7. The summed E-state index contributed by atoms with van der Waals surface area (Å²) in [4.78, 5) is 29.0. The van der Waals surface area contributed by atoms with Gasteiger partial charge in [-0.05, 0) is 44.9 Å². The lowest BCUT2D eigenvalue weighted by Gasteiger charge is -2.31. The smallest absolute Gasteiger partial charge is 0.223 e. The fourth-order valence-electron chi connectivity index (χ4n) is 3.95. The Labute approximate surface area is 168 Å². The molecule has 28 heavy (non-hydrogen) atoms. The van der Waals surface area contributed by atoms with Crippen LogP contribution in [0.25, 0.3) is 5.65 Å². The maximum absolute atomic E-state index is 12.6. The highest BCUT2D eigenvalue weighted by Gasteiger charge is 2.27. The molecule has 1 aliphatic rings. The van der Waals surface area contributed by atoms with E-state index in [1.54, 1.807) is 11.3 Å². The van der Waals surface area contributed by atoms with E-state index in [1.165, 1.54) is 0 Å². The van der Waals surface area contributed by atoms with Gasteiger partial charge in [-0.3, -0.25) is 14.0 Å². The van der Waals surface area contributed by atoms with Gasteiger partial charge in [0.1, 0.15) is 5.82 Å². The third kappa shape index (κ3) is 3.71. The minimum atomic E-state index is 0.0695. The fourth-order valence-corrected chi connectivity index (χ4v) is 4.89. The van der Waals surface area contributed by atoms with Crippen LogP contribution in [0.1, 0.15) is 57.5 Å². The number of hydrogen-bond donors (Lipinski definition) is 0. The molecule has 1 aliphatic heterocycles. The summed E-state index contributed by atoms with van der Waals surface area (Å²) in [6.45, 7) is 5.38. The summed E-state index contributed by atoms with van der Waals surface area (Å²) >= 11 is 1.63. The number of carbonyl (C=O) groups is 2. The second-order valence-electron chi connectivity index (χ2n) is 7.39. The van der Waals surface area contributed by atoms with Crippen LogP contribution >= 0.6 is 11.3 Å². The molecule has 0 bridgehead atoms. The summed E-state index contributed by atoms with van der Waals surface area (Å²) in [6.07, 6.45) is 4.30. The minimum absolute atomic E-state index is 0.0695. The molecule has 3 aromatic heterocycles. The van der Waals surface area contributed by atoms with Crippen LogP contribution in [0.2, 0.25) is 0 Å². The third-order valence-electron chi connectivity index (χ3n) is 5.46. The normalized spacial score (nSPS) is 15.3. The largest absolute Gasteiger partial charge is 0.343 e. The first kappa shape index (κ1) is 18.8. The number of aromatic nitrogens is 3. The first-order valence-corrected chi connectivity index (χ1v) is 10.5. The molecule has 0 unspecified atom stereocenters. The number of likely N-dealkylation sites (tertiary alicyclic amines) is 1. The highest BCUT2D eigenvalue weighted by atomic mass is 32.1. The van der Waals surface area contributed by atoms with E-state index in [9.17, 15) is 9.59 Å². The number of nitrogens with zero attached hydrogens (tertiary/aromatic N) is 4. The lowest BCUT2D eigenvalue weighted by atomic mass is 9.95. The van der Waals surface area contributed by atoms with E-state index < -0.39 is 0 Å². The quantitative estimate of drug-likeness (QED) is 0.616. The lowest BCUT2D eigenvalue weighted by molar-refractivity contribution is -0.132. The number of aryl methyl sites for hydroxylation is 2. The van der Waals surface area contributed by atoms with E-state index in [1.807, 2.05) is 53.6 Å². The minimum Gasteiger partial charge on any atom is -0.343 e. The number of ketones is 1. The van der Waals surface area contributed by atoms with Crippen LogP contribution in [0.3, 0.4) is 0 Å². The first-order valence-electron chi connectivity index (χ1n) is 9.70. The van der Waals surface area contributed by atoms with Crippen LogP contribution in [-0.4, -0.2) is 44.3 Å². The number of carbonyl (C=O) groups excluding carboxylic acids is 2. The SMILES string of the molecule is Cc1cc(C(=O)CCC(=O)N2CCC(c3nnc4ccccn34)CC2)c(C)s1. The summed E-state index contributed by atoms with van der Waals surface area (Å²) in [6, 6.07) is 7.81. The van der Waals surface area contributed by atoms with Gasteiger partial charge in [0, 0.05) is 53.4 Å². The monoisotopic (exact) mass is 396 g/mol. The Kier molecular flexibility index (Phi) is 5.26. The molecule has 0 aromatic carbocycles. The van der Waals surface area contributed by atoms with Crippen molar-refractivity contribution in [2.45, 2.75) is 45.4 Å². The molecule has 7 heteroatoms. The first-order chi connectivity index (χ1) is 13.5. The number of fused-ring (bicyclic) bond motifs is 1. The van der Waals surface area contributed by atoms with E-state index >= 15 is 0 Å². The zero-order valence-corrected chi connectivity index (χ0v) is 17.0. The van der Waals surface area contributed by atoms with Crippen LogP contribution in [0.15, 0.2) is 30.5 Å². The number of piperidine rings is 1. The van der Waals surface area contributed by atoms with Crippen LogP contribution in [0.5, 0.6) is 0 Å². The lowest BCUT2D eigenvalue weighted by Crippen LogP contribution is -2.38. The fraction of sp³-hybridized carbons (Fsp3) is 0.429. The molecule has 0 saturated carbocycles. The number of Topliss-reactive ketones (excluding diaryl/α,β-unsaturated/α-hetero) is 1. The molecule has 146 valence electrons. The molecular formula is C21H24N4O2S. The Balaban J connectivity index is 1.31. The van der Waals surface area contributed by atoms with E-state index in [0.717, 1.165) is 39.6 Å². The standard InChI is InChI=1S/C21H24N4O2S/c1-14-13-17(15(2)28-14)18(26)6-7-20(27)24-11-8-16(9-12-24)21-23-22-19-5-3-4-10-25(19)21/h3-5,10,13,16H,6-9,11-12H2,1-2H3. The van der Waals surface area contributed by atoms with Crippen molar-refractivity contribution in [2.24, 2.45) is 0 Å². The van der Waals surface area contributed by atoms with Crippen molar-refractivity contribution in [1.82, 2.24) is 19.5 Å². The van der Waals surface area contributed by atoms with Crippen LogP contribution in [-0.2, 0) is 4.79 Å². The Morgan fingerprint density at radius 2 is 1.93 bits per heavy atom. The zero-order valence-electron chi connectivity index (χ0n) is 16.2. The Morgan fingerprint density at radius 3 is 2.64 bits per heavy atom. The van der Waals surface area contributed by atoms with Gasteiger partial charge in [0.15, 0.2) is 11.4 Å². The Morgan fingerprint density at radius 1 is 1.14 bits per heavy atom. The van der Waals surface area contributed by atoms with Crippen LogP contribution in [0.4, 0.5) is 0 Å². The predicted octanol–water partition coefficient (Wildman–Crippen LogP) is 3.78. The average Bonchev–Trinajstić information content (AvgIpc) is 3.28. The van der Waals surface area contributed by atoms with Crippen molar-refractivity contribution in [3.63, 3.8) is 0 Å². The predicted molar refractivity (Wildman–Crippen MR) is 109 cm³/mol. The highest BCUT2D eigenvalue weighted by Crippen LogP contribution is 2.28. The topological polar surface area (TPSA) is 67.6 Å². The van der Waals surface area contributed by atoms with Crippen molar-refractivity contribution < 1.29 is 9.59 Å². The molecule has 4 rings (SSSR count). The number of pyridine rings is 1. The average molecular weight is 397 g/mol. The van der Waals surface area contributed by atoms with E-state index in [-0.39, 0.29) is 24.5 Å². The molecule has 0 N–H and O–H groups in total. The summed E-state index contributed by atoms with van der Waals surface area (Å²) in [7, 11) is 0. The van der Waals surface area contributed by atoms with Crippen molar-refractivity contribution >= 4 is 28.7 Å². The van der Waals surface area contributed by atoms with Gasteiger partial charge in [-0.15, -0.1) is 21.5 Å². The summed E-state index contributed by atoms with van der Waals surface area (Å²) in [5.41, 5.74) is 1.63. The molecule has 1 amide bonds. The van der Waals surface area contributed by atoms with Crippen molar-refractivity contribution in [3.8, 4) is 0 Å². The van der Waals surface area contributed by atoms with Gasteiger partial charge in [0.05, 0.1) is 0 Å². The maximum atomic E-state index is 12.6. The van der Waals surface area contributed by atoms with Gasteiger partial charge in [-0.25, -0.2) is 0 Å². The van der Waals surface area contributed by atoms with Crippen molar-refractivity contribution in [3.05, 3.63) is 51.6 Å². The van der Waals surface area contributed by atoms with E-state index in [0.29, 0.717) is 19.0 Å². The van der Waals surface area contributed by atoms with Crippen molar-refractivity contribution in [1.29, 1.82) is 0 Å². The van der Waals surface area contributed by atoms with Gasteiger partial charge >= 0.3 is 0 Å². The molecule has 0 aliphatic carbocycles. The Hall–Kier alpha value is -2.54. The molecule has 3 aromatic rings. The van der Waals surface area contributed by atoms with E-state index in [2.05, 4.69) is 10.2 Å². The number of hydrogen-bond acceptors (Lipinski definition) is 5. The molecule has 1 fully saturated rings. The second-order valence-corrected chi connectivity index (χ2v) is 8.85. The molecule has 6 nitrogen and oxygen atoms in total. The molecule has 0 radical (unpaired) electrons. The van der Waals surface area contributed by atoms with E-state index in [4.69, 9.17) is 0 Å². The number of amides is 1. The molecule has 4 heterocycles. The molecular weight excluding hydrogens is 372 g/mol. The molecule has 0 spiro atoms. The van der Waals surface area contributed by atoms with Gasteiger partial charge in [0.2, 0.25) is 5.91 Å². The number of rotatable bonds is 5. The van der Waals surface area contributed by atoms with Gasteiger partial charge in [0.25, 0.3) is 0 Å². The maximum Gasteiger partial charge on any atom is 0.223 e. The molecule has 1 saturated heterocycles. The van der Waals surface area contributed by atoms with Crippen molar-refractivity contribution in [2.75, 3.05) is 13.1 Å². The second kappa shape index (κ2) is 7.83. The van der Waals surface area contributed by atoms with Gasteiger partial charge in [-0.1, -0.05) is 6.07 Å².